The molecule has 0 spiro atoms. The Morgan fingerprint density at radius 3 is 2.75 bits per heavy atom. The van der Waals surface area contributed by atoms with Crippen molar-refractivity contribution in [3.8, 4) is 0 Å². The Morgan fingerprint density at radius 1 is 1.35 bits per heavy atom. The molecule has 1 aromatic rings. The zero-order valence-corrected chi connectivity index (χ0v) is 11.9. The molecule has 1 aliphatic carbocycles. The van der Waals surface area contributed by atoms with Crippen molar-refractivity contribution in [2.45, 2.75) is 25.8 Å². The molecule has 108 valence electrons. The first-order chi connectivity index (χ1) is 9.60. The van der Waals surface area contributed by atoms with Gasteiger partial charge in [0.1, 0.15) is 0 Å². The molecule has 20 heavy (non-hydrogen) atoms. The molecule has 0 aliphatic heterocycles. The van der Waals surface area contributed by atoms with Crippen LogP contribution < -0.4 is 16.0 Å². The molecular weight excluding hydrogens is 254 g/mol. The molecule has 5 nitrogen and oxygen atoms in total. The molecule has 0 bridgehead atoms. The molecule has 0 radical (unpaired) electrons. The standard InChI is InChI=1S/C15H21N3O2/c1-10(9-16-2)14(19)18-13-5-3-4-11(8-13)15(20)17-12-6-7-12/h3-5,8,10,12,16H,6-7,9H2,1-2H3,(H,17,20)(H,18,19). The first-order valence-electron chi connectivity index (χ1n) is 6.96. The quantitative estimate of drug-likeness (QED) is 0.734. The summed E-state index contributed by atoms with van der Waals surface area (Å²) in [7, 11) is 1.81. The monoisotopic (exact) mass is 275 g/mol. The van der Waals surface area contributed by atoms with Gasteiger partial charge in [0, 0.05) is 29.8 Å². The van der Waals surface area contributed by atoms with Gasteiger partial charge >= 0.3 is 0 Å². The summed E-state index contributed by atoms with van der Waals surface area (Å²) >= 11 is 0. The predicted octanol–water partition coefficient (Wildman–Crippen LogP) is 1.37. The highest BCUT2D eigenvalue weighted by Crippen LogP contribution is 2.20. The Bertz CT molecular complexity index is 498. The van der Waals surface area contributed by atoms with Crippen molar-refractivity contribution in [1.29, 1.82) is 0 Å². The largest absolute Gasteiger partial charge is 0.349 e. The van der Waals surface area contributed by atoms with E-state index in [1.165, 1.54) is 0 Å². The smallest absolute Gasteiger partial charge is 0.251 e. The number of nitrogens with one attached hydrogen (secondary N) is 3. The number of anilines is 1. The van der Waals surface area contributed by atoms with Gasteiger partial charge in [-0.3, -0.25) is 9.59 Å². The third-order valence-electron chi connectivity index (χ3n) is 3.26. The van der Waals surface area contributed by atoms with Crippen molar-refractivity contribution in [2.24, 2.45) is 5.92 Å². The van der Waals surface area contributed by atoms with Crippen molar-refractivity contribution in [1.82, 2.24) is 10.6 Å². The van der Waals surface area contributed by atoms with E-state index in [-0.39, 0.29) is 17.7 Å². The van der Waals surface area contributed by atoms with Gasteiger partial charge in [0.25, 0.3) is 5.91 Å². The molecule has 1 aromatic carbocycles. The molecule has 1 unspecified atom stereocenters. The van der Waals surface area contributed by atoms with Gasteiger partial charge in [-0.15, -0.1) is 0 Å². The molecule has 2 rings (SSSR count). The summed E-state index contributed by atoms with van der Waals surface area (Å²) in [6, 6.07) is 7.36. The number of hydrogen-bond acceptors (Lipinski definition) is 3. The minimum Gasteiger partial charge on any atom is -0.349 e. The second-order valence-corrected chi connectivity index (χ2v) is 5.28. The van der Waals surface area contributed by atoms with Crippen LogP contribution >= 0.6 is 0 Å². The van der Waals surface area contributed by atoms with Gasteiger partial charge in [-0.05, 0) is 38.1 Å². The van der Waals surface area contributed by atoms with E-state index in [9.17, 15) is 9.59 Å². The number of amides is 2. The summed E-state index contributed by atoms with van der Waals surface area (Å²) in [5.74, 6) is -0.255. The minimum atomic E-state index is -0.121. The highest BCUT2D eigenvalue weighted by molar-refractivity contribution is 5.97. The molecule has 0 saturated heterocycles. The summed E-state index contributed by atoms with van der Waals surface area (Å²) in [4.78, 5) is 23.9. The summed E-state index contributed by atoms with van der Waals surface area (Å²) < 4.78 is 0. The van der Waals surface area contributed by atoms with Gasteiger partial charge in [0.05, 0.1) is 0 Å². The molecule has 1 saturated carbocycles. The fourth-order valence-electron chi connectivity index (χ4n) is 1.90. The van der Waals surface area contributed by atoms with E-state index >= 15 is 0 Å². The summed E-state index contributed by atoms with van der Waals surface area (Å²) in [5, 5.41) is 8.73. The van der Waals surface area contributed by atoms with Crippen LogP contribution in [0.4, 0.5) is 5.69 Å². The van der Waals surface area contributed by atoms with Gasteiger partial charge in [-0.25, -0.2) is 0 Å². The Kier molecular flexibility index (Phi) is 4.74. The van der Waals surface area contributed by atoms with Gasteiger partial charge < -0.3 is 16.0 Å². The van der Waals surface area contributed by atoms with Crippen LogP contribution in [0, 0.1) is 5.92 Å². The summed E-state index contributed by atoms with van der Waals surface area (Å²) in [6.07, 6.45) is 2.12. The third kappa shape index (κ3) is 4.06. The highest BCUT2D eigenvalue weighted by Gasteiger charge is 2.23. The molecule has 1 aliphatic rings. The summed E-state index contributed by atoms with van der Waals surface area (Å²) in [5.41, 5.74) is 1.23. The van der Waals surface area contributed by atoms with Crippen molar-refractivity contribution in [3.63, 3.8) is 0 Å². The normalized spacial score (nSPS) is 15.5. The van der Waals surface area contributed by atoms with E-state index in [4.69, 9.17) is 0 Å². The van der Waals surface area contributed by atoms with Gasteiger partial charge in [-0.1, -0.05) is 13.0 Å². The average molecular weight is 275 g/mol. The first-order valence-corrected chi connectivity index (χ1v) is 6.96. The van der Waals surface area contributed by atoms with Crippen LogP contribution in [0.2, 0.25) is 0 Å². The van der Waals surface area contributed by atoms with E-state index in [2.05, 4.69) is 16.0 Å². The van der Waals surface area contributed by atoms with E-state index in [0.717, 1.165) is 12.8 Å². The molecular formula is C15H21N3O2. The second-order valence-electron chi connectivity index (χ2n) is 5.28. The molecule has 5 heteroatoms. The molecule has 0 heterocycles. The number of hydrogen-bond donors (Lipinski definition) is 3. The van der Waals surface area contributed by atoms with Gasteiger partial charge in [-0.2, -0.15) is 0 Å². The zero-order chi connectivity index (χ0) is 14.5. The van der Waals surface area contributed by atoms with E-state index in [1.807, 2.05) is 14.0 Å². The Morgan fingerprint density at radius 2 is 2.10 bits per heavy atom. The number of carbonyl (C=O) groups is 2. The van der Waals surface area contributed by atoms with Crippen molar-refractivity contribution < 1.29 is 9.59 Å². The molecule has 0 aromatic heterocycles. The van der Waals surface area contributed by atoms with E-state index in [1.54, 1.807) is 24.3 Å². The van der Waals surface area contributed by atoms with Crippen LogP contribution in [0.5, 0.6) is 0 Å². The fourth-order valence-corrected chi connectivity index (χ4v) is 1.90. The van der Waals surface area contributed by atoms with Crippen LogP contribution in [-0.4, -0.2) is 31.4 Å². The number of carbonyl (C=O) groups excluding carboxylic acids is 2. The maximum Gasteiger partial charge on any atom is 0.251 e. The van der Waals surface area contributed by atoms with E-state index < -0.39 is 0 Å². The minimum absolute atomic E-state index is 0.0564. The van der Waals surface area contributed by atoms with Crippen molar-refractivity contribution in [2.75, 3.05) is 18.9 Å². The lowest BCUT2D eigenvalue weighted by molar-refractivity contribution is -0.119. The highest BCUT2D eigenvalue weighted by atomic mass is 16.2. The van der Waals surface area contributed by atoms with Crippen LogP contribution in [0.3, 0.4) is 0 Å². The first kappa shape index (κ1) is 14.5. The lowest BCUT2D eigenvalue weighted by atomic mass is 10.1. The van der Waals surface area contributed by atoms with Crippen molar-refractivity contribution >= 4 is 17.5 Å². The van der Waals surface area contributed by atoms with Crippen LogP contribution in [-0.2, 0) is 4.79 Å². The molecule has 3 N–H and O–H groups in total. The SMILES string of the molecule is CNCC(C)C(=O)Nc1cccc(C(=O)NC2CC2)c1. The van der Waals surface area contributed by atoms with Gasteiger partial charge in [0.15, 0.2) is 0 Å². The Hall–Kier alpha value is -1.88. The third-order valence-corrected chi connectivity index (χ3v) is 3.26. The number of benzene rings is 1. The Balaban J connectivity index is 1.98. The molecule has 2 amide bonds. The van der Waals surface area contributed by atoms with Gasteiger partial charge in [0.2, 0.25) is 5.91 Å². The maximum atomic E-state index is 11.9. The lowest BCUT2D eigenvalue weighted by Gasteiger charge is -2.12. The van der Waals surface area contributed by atoms with Crippen LogP contribution in [0.25, 0.3) is 0 Å². The summed E-state index contributed by atoms with van der Waals surface area (Å²) in [6.45, 7) is 2.48. The zero-order valence-electron chi connectivity index (χ0n) is 11.9. The van der Waals surface area contributed by atoms with E-state index in [0.29, 0.717) is 23.8 Å². The topological polar surface area (TPSA) is 70.2 Å². The van der Waals surface area contributed by atoms with Crippen molar-refractivity contribution in [3.05, 3.63) is 29.8 Å². The molecule has 1 atom stereocenters. The second kappa shape index (κ2) is 6.52. The average Bonchev–Trinajstić information content (AvgIpc) is 3.23. The van der Waals surface area contributed by atoms with Crippen LogP contribution in [0.1, 0.15) is 30.1 Å². The predicted molar refractivity (Wildman–Crippen MR) is 78.7 cm³/mol. The fraction of sp³-hybridized carbons (Fsp3) is 0.467. The number of rotatable bonds is 6. The lowest BCUT2D eigenvalue weighted by Crippen LogP contribution is -2.29. The van der Waals surface area contributed by atoms with Crippen LogP contribution in [0.15, 0.2) is 24.3 Å². The Labute approximate surface area is 119 Å². The maximum absolute atomic E-state index is 11.9. The molecule has 1 fully saturated rings.